The van der Waals surface area contributed by atoms with Crippen molar-refractivity contribution in [1.82, 2.24) is 0 Å². The molecule has 1 aliphatic carbocycles. The second-order valence-corrected chi connectivity index (χ2v) is 5.77. The fraction of sp³-hybridized carbons (Fsp3) is 0.316. The van der Waals surface area contributed by atoms with E-state index in [-0.39, 0.29) is 11.9 Å². The van der Waals surface area contributed by atoms with Crippen LogP contribution in [0.3, 0.4) is 0 Å². The van der Waals surface area contributed by atoms with E-state index in [1.807, 2.05) is 54.6 Å². The van der Waals surface area contributed by atoms with Crippen LogP contribution in [0.4, 0.5) is 0 Å². The summed E-state index contributed by atoms with van der Waals surface area (Å²) >= 11 is 0. The molecule has 23 heavy (non-hydrogen) atoms. The first-order chi connectivity index (χ1) is 11.2. The summed E-state index contributed by atoms with van der Waals surface area (Å²) in [4.78, 5) is 11.6. The molecule has 2 aromatic rings. The number of benzene rings is 2. The SMILES string of the molecule is COC(=O)C1CC(OC)(c2cccc(Oc3ccccc3)c2)C1. The molecule has 0 unspecified atom stereocenters. The van der Waals surface area contributed by atoms with Gasteiger partial charge in [0.05, 0.1) is 18.6 Å². The van der Waals surface area contributed by atoms with Crippen molar-refractivity contribution in [3.63, 3.8) is 0 Å². The topological polar surface area (TPSA) is 44.8 Å². The van der Waals surface area contributed by atoms with E-state index in [1.54, 1.807) is 7.11 Å². The maximum absolute atomic E-state index is 11.6. The summed E-state index contributed by atoms with van der Waals surface area (Å²) in [6, 6.07) is 17.5. The highest BCUT2D eigenvalue weighted by Crippen LogP contribution is 2.49. The lowest BCUT2D eigenvalue weighted by atomic mass is 9.67. The van der Waals surface area contributed by atoms with E-state index in [2.05, 4.69) is 0 Å². The van der Waals surface area contributed by atoms with E-state index in [0.717, 1.165) is 17.1 Å². The molecule has 0 spiro atoms. The van der Waals surface area contributed by atoms with Crippen LogP contribution in [0.1, 0.15) is 18.4 Å². The molecule has 3 rings (SSSR count). The second-order valence-electron chi connectivity index (χ2n) is 5.77. The van der Waals surface area contributed by atoms with Crippen LogP contribution in [0.2, 0.25) is 0 Å². The highest BCUT2D eigenvalue weighted by atomic mass is 16.5. The Morgan fingerprint density at radius 2 is 1.70 bits per heavy atom. The number of ether oxygens (including phenoxy) is 3. The molecule has 4 nitrogen and oxygen atoms in total. The second kappa shape index (κ2) is 6.42. The van der Waals surface area contributed by atoms with Crippen LogP contribution >= 0.6 is 0 Å². The Morgan fingerprint density at radius 1 is 1.00 bits per heavy atom. The zero-order valence-corrected chi connectivity index (χ0v) is 13.3. The van der Waals surface area contributed by atoms with Crippen LogP contribution in [0.15, 0.2) is 54.6 Å². The van der Waals surface area contributed by atoms with Gasteiger partial charge in [-0.15, -0.1) is 0 Å². The van der Waals surface area contributed by atoms with Crippen molar-refractivity contribution in [2.75, 3.05) is 14.2 Å². The third-order valence-corrected chi connectivity index (χ3v) is 4.42. The highest BCUT2D eigenvalue weighted by Gasteiger charge is 2.49. The quantitative estimate of drug-likeness (QED) is 0.785. The first kappa shape index (κ1) is 15.6. The van der Waals surface area contributed by atoms with Crippen molar-refractivity contribution in [2.24, 2.45) is 5.92 Å². The molecule has 0 radical (unpaired) electrons. The van der Waals surface area contributed by atoms with Gasteiger partial charge >= 0.3 is 5.97 Å². The van der Waals surface area contributed by atoms with Gasteiger partial charge in [0.15, 0.2) is 0 Å². The van der Waals surface area contributed by atoms with Gasteiger partial charge in [0, 0.05) is 7.11 Å². The molecule has 0 aliphatic heterocycles. The van der Waals surface area contributed by atoms with Gasteiger partial charge < -0.3 is 14.2 Å². The fourth-order valence-corrected chi connectivity index (χ4v) is 3.06. The molecule has 0 bridgehead atoms. The van der Waals surface area contributed by atoms with Gasteiger partial charge in [0.25, 0.3) is 0 Å². The Hall–Kier alpha value is -2.33. The first-order valence-electron chi connectivity index (χ1n) is 7.63. The van der Waals surface area contributed by atoms with E-state index in [0.29, 0.717) is 12.8 Å². The van der Waals surface area contributed by atoms with E-state index >= 15 is 0 Å². The van der Waals surface area contributed by atoms with Gasteiger partial charge in [-0.25, -0.2) is 0 Å². The van der Waals surface area contributed by atoms with Gasteiger partial charge in [-0.2, -0.15) is 0 Å². The van der Waals surface area contributed by atoms with Crippen LogP contribution in [0, 0.1) is 5.92 Å². The summed E-state index contributed by atoms with van der Waals surface area (Å²) < 4.78 is 16.4. The van der Waals surface area contributed by atoms with Crippen molar-refractivity contribution < 1.29 is 19.0 Å². The molecule has 0 aromatic heterocycles. The van der Waals surface area contributed by atoms with Gasteiger partial charge in [-0.1, -0.05) is 30.3 Å². The number of para-hydroxylation sites is 1. The molecule has 120 valence electrons. The molecule has 4 heteroatoms. The summed E-state index contributed by atoms with van der Waals surface area (Å²) in [5.41, 5.74) is 0.586. The number of methoxy groups -OCH3 is 2. The zero-order chi connectivity index (χ0) is 16.3. The van der Waals surface area contributed by atoms with Crippen molar-refractivity contribution in [1.29, 1.82) is 0 Å². The van der Waals surface area contributed by atoms with Gasteiger partial charge in [-0.3, -0.25) is 4.79 Å². The average molecular weight is 312 g/mol. The molecular formula is C19H20O4. The van der Waals surface area contributed by atoms with E-state index in [1.165, 1.54) is 7.11 Å². The average Bonchev–Trinajstić information content (AvgIpc) is 2.55. The minimum Gasteiger partial charge on any atom is -0.469 e. The third kappa shape index (κ3) is 3.08. The smallest absolute Gasteiger partial charge is 0.308 e. The number of hydrogen-bond donors (Lipinski definition) is 0. The minimum absolute atomic E-state index is 0.0985. The number of carbonyl (C=O) groups excluding carboxylic acids is 1. The minimum atomic E-state index is -0.436. The molecule has 0 N–H and O–H groups in total. The molecule has 0 saturated heterocycles. The standard InChI is InChI=1S/C19H20O4/c1-21-18(20)14-12-19(13-14,22-2)15-7-6-10-17(11-15)23-16-8-4-3-5-9-16/h3-11,14H,12-13H2,1-2H3. The predicted molar refractivity (Wildman–Crippen MR) is 86.4 cm³/mol. The largest absolute Gasteiger partial charge is 0.469 e. The molecular weight excluding hydrogens is 292 g/mol. The number of esters is 1. The summed E-state index contributed by atoms with van der Waals surface area (Å²) in [5.74, 6) is 1.27. The Labute approximate surface area is 136 Å². The molecule has 1 aliphatic rings. The lowest BCUT2D eigenvalue weighted by Crippen LogP contribution is -2.46. The lowest BCUT2D eigenvalue weighted by molar-refractivity contribution is -0.168. The van der Waals surface area contributed by atoms with Crippen LogP contribution in [0.5, 0.6) is 11.5 Å². The summed E-state index contributed by atoms with van der Waals surface area (Å²) in [6.07, 6.45) is 1.26. The van der Waals surface area contributed by atoms with Crippen molar-refractivity contribution in [2.45, 2.75) is 18.4 Å². The maximum atomic E-state index is 11.6. The van der Waals surface area contributed by atoms with Crippen molar-refractivity contribution in [3.05, 3.63) is 60.2 Å². The van der Waals surface area contributed by atoms with Crippen molar-refractivity contribution in [3.8, 4) is 11.5 Å². The highest BCUT2D eigenvalue weighted by molar-refractivity contribution is 5.74. The molecule has 1 saturated carbocycles. The number of carbonyl (C=O) groups is 1. The van der Waals surface area contributed by atoms with Crippen LogP contribution in [0.25, 0.3) is 0 Å². The Balaban J connectivity index is 1.78. The van der Waals surface area contributed by atoms with E-state index < -0.39 is 5.60 Å². The Kier molecular flexibility index (Phi) is 4.35. The van der Waals surface area contributed by atoms with Gasteiger partial charge in [0.2, 0.25) is 0 Å². The van der Waals surface area contributed by atoms with Crippen LogP contribution in [-0.4, -0.2) is 20.2 Å². The first-order valence-corrected chi connectivity index (χ1v) is 7.63. The monoisotopic (exact) mass is 312 g/mol. The molecule has 0 amide bonds. The van der Waals surface area contributed by atoms with Crippen molar-refractivity contribution >= 4 is 5.97 Å². The zero-order valence-electron chi connectivity index (χ0n) is 13.3. The molecule has 2 aromatic carbocycles. The third-order valence-electron chi connectivity index (χ3n) is 4.42. The maximum Gasteiger partial charge on any atom is 0.308 e. The summed E-state index contributed by atoms with van der Waals surface area (Å²) in [7, 11) is 3.10. The fourth-order valence-electron chi connectivity index (χ4n) is 3.06. The molecule has 0 atom stereocenters. The van der Waals surface area contributed by atoms with Crippen LogP contribution in [-0.2, 0) is 19.9 Å². The van der Waals surface area contributed by atoms with Gasteiger partial charge in [-0.05, 0) is 42.7 Å². The molecule has 1 fully saturated rings. The number of rotatable bonds is 5. The molecule has 0 heterocycles. The van der Waals surface area contributed by atoms with E-state index in [4.69, 9.17) is 14.2 Å². The van der Waals surface area contributed by atoms with Gasteiger partial charge in [0.1, 0.15) is 11.5 Å². The normalized spacial score (nSPS) is 23.0. The summed E-state index contributed by atoms with van der Waals surface area (Å²) in [6.45, 7) is 0. The Bertz CT molecular complexity index is 675. The lowest BCUT2D eigenvalue weighted by Gasteiger charge is -2.45. The number of hydrogen-bond acceptors (Lipinski definition) is 4. The predicted octanol–water partition coefficient (Wildman–Crippen LogP) is 3.90. The van der Waals surface area contributed by atoms with E-state index in [9.17, 15) is 4.79 Å². The summed E-state index contributed by atoms with van der Waals surface area (Å²) in [5, 5.41) is 0. The Morgan fingerprint density at radius 3 is 2.35 bits per heavy atom. The van der Waals surface area contributed by atoms with Crippen LogP contribution < -0.4 is 4.74 Å².